The van der Waals surface area contributed by atoms with Crippen LogP contribution >= 0.6 is 0 Å². The van der Waals surface area contributed by atoms with Crippen LogP contribution in [0.1, 0.15) is 79.0 Å². The van der Waals surface area contributed by atoms with Crippen LogP contribution in [0.2, 0.25) is 0 Å². The molecule has 0 saturated carbocycles. The Balaban J connectivity index is 0. The highest BCUT2D eigenvalue weighted by molar-refractivity contribution is 5.86. The van der Waals surface area contributed by atoms with Crippen molar-refractivity contribution in [2.45, 2.75) is 68.7 Å². The summed E-state index contributed by atoms with van der Waals surface area (Å²) in [5.74, 6) is 0. The Labute approximate surface area is 151 Å². The number of hydrogen-bond acceptors (Lipinski definition) is 0. The Kier molecular flexibility index (Phi) is 16.3. The van der Waals surface area contributed by atoms with Gasteiger partial charge in [-0.15, -0.1) is 0 Å². The van der Waals surface area contributed by atoms with Gasteiger partial charge in [0.05, 0.1) is 0 Å². The summed E-state index contributed by atoms with van der Waals surface area (Å²) in [6.45, 7) is 18.2. The van der Waals surface area contributed by atoms with Crippen molar-refractivity contribution in [2.24, 2.45) is 0 Å². The molecular formula is C24H38. The maximum atomic E-state index is 2.24. The second kappa shape index (κ2) is 16.1. The lowest BCUT2D eigenvalue weighted by Crippen LogP contribution is -1.86. The first kappa shape index (κ1) is 24.4. The van der Waals surface area contributed by atoms with Crippen molar-refractivity contribution >= 4 is 5.57 Å². The van der Waals surface area contributed by atoms with Gasteiger partial charge in [-0.05, 0) is 35.6 Å². The lowest BCUT2D eigenvalue weighted by atomic mass is 9.98. The van der Waals surface area contributed by atoms with Crippen LogP contribution in [0, 0.1) is 0 Å². The maximum absolute atomic E-state index is 2.24. The molecule has 0 atom stereocenters. The summed E-state index contributed by atoms with van der Waals surface area (Å²) in [5.41, 5.74) is 7.11. The summed E-state index contributed by atoms with van der Waals surface area (Å²) in [5, 5.41) is 0. The molecule has 2 aromatic rings. The van der Waals surface area contributed by atoms with Crippen LogP contribution in [0.5, 0.6) is 0 Å². The molecule has 0 unspecified atom stereocenters. The summed E-state index contributed by atoms with van der Waals surface area (Å²) in [6, 6.07) is 19.4. The van der Waals surface area contributed by atoms with Crippen molar-refractivity contribution in [1.29, 1.82) is 0 Å². The van der Waals surface area contributed by atoms with Crippen LogP contribution < -0.4 is 0 Å². The third-order valence-corrected chi connectivity index (χ3v) is 3.23. The van der Waals surface area contributed by atoms with Crippen LogP contribution in [-0.2, 0) is 6.42 Å². The summed E-state index contributed by atoms with van der Waals surface area (Å²) >= 11 is 0. The normalized spacial score (nSPS) is 10.4. The number of allylic oxidation sites excluding steroid dienone is 1. The van der Waals surface area contributed by atoms with Gasteiger partial charge in [0, 0.05) is 0 Å². The van der Waals surface area contributed by atoms with Crippen molar-refractivity contribution < 1.29 is 0 Å². The molecule has 0 nitrogen and oxygen atoms in total. The molecule has 24 heavy (non-hydrogen) atoms. The van der Waals surface area contributed by atoms with Crippen LogP contribution in [0.25, 0.3) is 5.57 Å². The smallest absolute Gasteiger partial charge is 0.00543 e. The van der Waals surface area contributed by atoms with Gasteiger partial charge in [0.15, 0.2) is 0 Å². The summed E-state index contributed by atoms with van der Waals surface area (Å²) in [6.07, 6.45) is 1.10. The standard InChI is InChI=1S/C16H14.4C2H6/c1-12-11-14-9-5-6-10-15(14)16(12)13-7-3-2-4-8-13;4*1-2/h2-10H,11H2,1H3;4*1-2H3. The SMILES string of the molecule is CC.CC.CC.CC.CC1=C(c2ccccc2)c2ccccc2C1. The Morgan fingerprint density at radius 2 is 1.04 bits per heavy atom. The van der Waals surface area contributed by atoms with Crippen LogP contribution in [-0.4, -0.2) is 0 Å². The minimum absolute atomic E-state index is 1.10. The molecule has 0 saturated heterocycles. The van der Waals surface area contributed by atoms with Gasteiger partial charge in [-0.25, -0.2) is 0 Å². The van der Waals surface area contributed by atoms with E-state index in [1.165, 1.54) is 27.8 Å². The van der Waals surface area contributed by atoms with Crippen molar-refractivity contribution in [3.8, 4) is 0 Å². The third-order valence-electron chi connectivity index (χ3n) is 3.23. The number of rotatable bonds is 1. The van der Waals surface area contributed by atoms with Crippen LogP contribution in [0.15, 0.2) is 60.2 Å². The minimum atomic E-state index is 1.10. The first-order valence-electron chi connectivity index (χ1n) is 9.70. The Morgan fingerprint density at radius 1 is 0.583 bits per heavy atom. The van der Waals surface area contributed by atoms with E-state index in [9.17, 15) is 0 Å². The van der Waals surface area contributed by atoms with Crippen LogP contribution in [0.3, 0.4) is 0 Å². The van der Waals surface area contributed by atoms with Gasteiger partial charge in [-0.1, -0.05) is 116 Å². The molecule has 0 aliphatic heterocycles. The molecule has 0 heteroatoms. The fraction of sp³-hybridized carbons (Fsp3) is 0.417. The molecule has 0 spiro atoms. The second-order valence-electron chi connectivity index (χ2n) is 4.36. The van der Waals surface area contributed by atoms with Gasteiger partial charge < -0.3 is 0 Å². The monoisotopic (exact) mass is 326 g/mol. The predicted molar refractivity (Wildman–Crippen MR) is 114 cm³/mol. The van der Waals surface area contributed by atoms with Crippen LogP contribution in [0.4, 0.5) is 0 Å². The lowest BCUT2D eigenvalue weighted by Gasteiger charge is -2.06. The van der Waals surface area contributed by atoms with Crippen molar-refractivity contribution in [3.63, 3.8) is 0 Å². The van der Waals surface area contributed by atoms with E-state index in [2.05, 4.69) is 61.5 Å². The minimum Gasteiger partial charge on any atom is -0.0683 e. The highest BCUT2D eigenvalue weighted by Gasteiger charge is 2.18. The van der Waals surface area contributed by atoms with E-state index in [0.29, 0.717) is 0 Å². The molecule has 0 fully saturated rings. The summed E-state index contributed by atoms with van der Waals surface area (Å²) < 4.78 is 0. The van der Waals surface area contributed by atoms with E-state index in [4.69, 9.17) is 0 Å². The zero-order valence-electron chi connectivity index (χ0n) is 17.4. The van der Waals surface area contributed by atoms with Gasteiger partial charge in [-0.2, -0.15) is 0 Å². The molecule has 0 aromatic heterocycles. The average molecular weight is 327 g/mol. The highest BCUT2D eigenvalue weighted by atomic mass is 14.2. The highest BCUT2D eigenvalue weighted by Crippen LogP contribution is 2.36. The van der Waals surface area contributed by atoms with Crippen molar-refractivity contribution in [1.82, 2.24) is 0 Å². The van der Waals surface area contributed by atoms with E-state index < -0.39 is 0 Å². The lowest BCUT2D eigenvalue weighted by molar-refractivity contribution is 1.19. The topological polar surface area (TPSA) is 0 Å². The zero-order valence-corrected chi connectivity index (χ0v) is 17.4. The van der Waals surface area contributed by atoms with Crippen molar-refractivity contribution in [2.75, 3.05) is 0 Å². The molecule has 0 bridgehead atoms. The fourth-order valence-corrected chi connectivity index (χ4v) is 2.53. The summed E-state index contributed by atoms with van der Waals surface area (Å²) in [4.78, 5) is 0. The first-order chi connectivity index (χ1) is 11.9. The van der Waals surface area contributed by atoms with Gasteiger partial charge >= 0.3 is 0 Å². The molecule has 3 rings (SSSR count). The number of benzene rings is 2. The van der Waals surface area contributed by atoms with Crippen molar-refractivity contribution in [3.05, 3.63) is 76.9 Å². The molecule has 0 heterocycles. The van der Waals surface area contributed by atoms with E-state index in [0.717, 1.165) is 6.42 Å². The van der Waals surface area contributed by atoms with E-state index >= 15 is 0 Å². The quantitative estimate of drug-likeness (QED) is 0.495. The van der Waals surface area contributed by atoms with E-state index in [-0.39, 0.29) is 0 Å². The van der Waals surface area contributed by atoms with Gasteiger partial charge in [0.1, 0.15) is 0 Å². The first-order valence-corrected chi connectivity index (χ1v) is 9.70. The Hall–Kier alpha value is -1.82. The molecule has 134 valence electrons. The molecule has 0 N–H and O–H groups in total. The van der Waals surface area contributed by atoms with Gasteiger partial charge in [-0.3, -0.25) is 0 Å². The molecule has 2 aromatic carbocycles. The fourth-order valence-electron chi connectivity index (χ4n) is 2.53. The molecule has 1 aliphatic carbocycles. The Morgan fingerprint density at radius 3 is 1.58 bits per heavy atom. The van der Waals surface area contributed by atoms with Gasteiger partial charge in [0.25, 0.3) is 0 Å². The maximum Gasteiger partial charge on any atom is -0.00543 e. The predicted octanol–water partition coefficient (Wildman–Crippen LogP) is 8.17. The third kappa shape index (κ3) is 6.74. The average Bonchev–Trinajstić information content (AvgIpc) is 3.04. The number of fused-ring (bicyclic) bond motifs is 1. The zero-order chi connectivity index (χ0) is 19.0. The van der Waals surface area contributed by atoms with E-state index in [1.807, 2.05) is 55.4 Å². The summed E-state index contributed by atoms with van der Waals surface area (Å²) in [7, 11) is 0. The molecule has 1 aliphatic rings. The molecular weight excluding hydrogens is 288 g/mol. The largest absolute Gasteiger partial charge is 0.0683 e. The second-order valence-corrected chi connectivity index (χ2v) is 4.36. The van der Waals surface area contributed by atoms with Gasteiger partial charge in [0.2, 0.25) is 0 Å². The molecule has 0 amide bonds. The van der Waals surface area contributed by atoms with E-state index in [1.54, 1.807) is 0 Å². The number of hydrogen-bond donors (Lipinski definition) is 0. The molecule has 0 radical (unpaired) electrons. The Bertz CT molecular complexity index is 547.